The van der Waals surface area contributed by atoms with Gasteiger partial charge in [0, 0.05) is 62.6 Å². The molecule has 1 N–H and O–H groups in total. The maximum atomic E-state index is 3.43. The summed E-state index contributed by atoms with van der Waals surface area (Å²) in [4.78, 5) is 6.91. The van der Waals surface area contributed by atoms with Crippen LogP contribution < -0.4 is 20.0 Å². The molecule has 0 bridgehead atoms. The van der Waals surface area contributed by atoms with Crippen molar-refractivity contribution >= 4 is 56.9 Å². The highest BCUT2D eigenvalue weighted by atomic mass is 15.2. The number of para-hydroxylation sites is 5. The molecule has 65 heavy (non-hydrogen) atoms. The van der Waals surface area contributed by atoms with Gasteiger partial charge in [-0.05, 0) is 151 Å². The Bertz CT molecular complexity index is 2840. The van der Waals surface area contributed by atoms with Crippen molar-refractivity contribution in [1.82, 2.24) is 0 Å². The van der Waals surface area contributed by atoms with Crippen LogP contribution in [0.5, 0.6) is 0 Å². The van der Waals surface area contributed by atoms with Crippen molar-refractivity contribution in [2.45, 2.75) is 13.3 Å². The molecule has 4 nitrogen and oxygen atoms in total. The minimum absolute atomic E-state index is 0.571. The summed E-state index contributed by atoms with van der Waals surface area (Å²) in [5.74, 6) is 0.571. The first-order valence-electron chi connectivity index (χ1n) is 22.3. The quantitative estimate of drug-likeness (QED) is 0.132. The molecule has 0 spiro atoms. The van der Waals surface area contributed by atoms with Gasteiger partial charge in [0.1, 0.15) is 0 Å². The molecule has 1 aliphatic rings. The van der Waals surface area contributed by atoms with Gasteiger partial charge in [-0.3, -0.25) is 0 Å². The lowest BCUT2D eigenvalue weighted by atomic mass is 10.0. The van der Waals surface area contributed by atoms with Gasteiger partial charge in [0.15, 0.2) is 0 Å². The highest BCUT2D eigenvalue weighted by molar-refractivity contribution is 5.81. The molecule has 0 saturated heterocycles. The second kappa shape index (κ2) is 20.7. The van der Waals surface area contributed by atoms with Gasteiger partial charge in [-0.25, -0.2) is 0 Å². The van der Waals surface area contributed by atoms with Crippen LogP contribution in [-0.2, 0) is 0 Å². The molecular formula is C61H52N4. The van der Waals surface area contributed by atoms with Crippen molar-refractivity contribution in [3.63, 3.8) is 0 Å². The van der Waals surface area contributed by atoms with Gasteiger partial charge in [-0.2, -0.15) is 0 Å². The van der Waals surface area contributed by atoms with Crippen LogP contribution in [-0.4, -0.2) is 0 Å². The van der Waals surface area contributed by atoms with Crippen molar-refractivity contribution in [1.29, 1.82) is 0 Å². The van der Waals surface area contributed by atoms with E-state index < -0.39 is 0 Å². The number of hydrogen-bond donors (Lipinski definition) is 1. The Morgan fingerprint density at radius 3 is 1.05 bits per heavy atom. The Balaban J connectivity index is 0.000000178. The minimum Gasteiger partial charge on any atom is -0.356 e. The maximum absolute atomic E-state index is 3.43. The van der Waals surface area contributed by atoms with Gasteiger partial charge in [0.25, 0.3) is 0 Å². The molecule has 0 saturated carbocycles. The van der Waals surface area contributed by atoms with Gasteiger partial charge < -0.3 is 20.0 Å². The predicted molar refractivity (Wildman–Crippen MR) is 277 cm³/mol. The summed E-state index contributed by atoms with van der Waals surface area (Å²) in [5.41, 5.74) is 14.9. The Hall–Kier alpha value is -8.34. The molecular weight excluding hydrogens is 789 g/mol. The molecule has 9 aromatic rings. The minimum atomic E-state index is 0.571. The molecule has 0 radical (unpaired) electrons. The summed E-state index contributed by atoms with van der Waals surface area (Å²) >= 11 is 0. The first-order chi connectivity index (χ1) is 32.2. The summed E-state index contributed by atoms with van der Waals surface area (Å²) in [7, 11) is 0. The molecule has 9 aromatic carbocycles. The molecule has 1 aliphatic carbocycles. The van der Waals surface area contributed by atoms with Crippen LogP contribution in [0.15, 0.2) is 279 Å². The molecule has 1 unspecified atom stereocenters. The Kier molecular flexibility index (Phi) is 13.4. The van der Waals surface area contributed by atoms with E-state index >= 15 is 0 Å². The van der Waals surface area contributed by atoms with Crippen LogP contribution in [0, 0.1) is 5.92 Å². The average molecular weight is 841 g/mol. The lowest BCUT2D eigenvalue weighted by Gasteiger charge is -2.30. The normalized spacial score (nSPS) is 12.8. The highest BCUT2D eigenvalue weighted by Crippen LogP contribution is 2.39. The zero-order valence-corrected chi connectivity index (χ0v) is 36.6. The third kappa shape index (κ3) is 10.5. The maximum Gasteiger partial charge on any atom is 0.0463 e. The van der Waals surface area contributed by atoms with E-state index in [9.17, 15) is 0 Å². The lowest BCUT2D eigenvalue weighted by Crippen LogP contribution is -2.17. The topological polar surface area (TPSA) is 21.8 Å². The molecule has 0 heterocycles. The van der Waals surface area contributed by atoms with E-state index in [1.807, 2.05) is 30.3 Å². The second-order valence-electron chi connectivity index (χ2n) is 16.0. The first kappa shape index (κ1) is 42.0. The fourth-order valence-corrected chi connectivity index (χ4v) is 8.10. The summed E-state index contributed by atoms with van der Waals surface area (Å²) in [6.07, 6.45) is 7.94. The second-order valence-corrected chi connectivity index (χ2v) is 16.0. The Labute approximate surface area is 384 Å². The summed E-state index contributed by atoms with van der Waals surface area (Å²) in [6.45, 7) is 2.26. The number of anilines is 10. The number of rotatable bonds is 12. The molecule has 0 amide bonds. The van der Waals surface area contributed by atoms with E-state index in [4.69, 9.17) is 0 Å². The standard InChI is InChI=1S/C37H32N2.C24H20N2/c1-29-17-21-34(22-18-29)38(32-13-7-3-8-14-32)36-25-27-37(28-26-36)39(33-15-9-4-10-16-33)35-23-19-31(20-24-35)30-11-5-2-6-12-30;1-4-10-20(11-5-1)25-21-16-18-24(19-17-21)26(22-12-6-2-7-13-22)23-14-8-3-9-15-23/h2-17,19-29H,18H2,1H3;1-19,25H. The fraction of sp³-hybridized carbons (Fsp3) is 0.0492. The van der Waals surface area contributed by atoms with Crippen LogP contribution in [0.2, 0.25) is 0 Å². The smallest absolute Gasteiger partial charge is 0.0463 e. The van der Waals surface area contributed by atoms with Crippen LogP contribution in [0.4, 0.5) is 56.9 Å². The van der Waals surface area contributed by atoms with Gasteiger partial charge in [-0.15, -0.1) is 0 Å². The summed E-state index contributed by atoms with van der Waals surface area (Å²) in [6, 6.07) is 89.0. The summed E-state index contributed by atoms with van der Waals surface area (Å²) in [5, 5.41) is 3.43. The van der Waals surface area contributed by atoms with Crippen molar-refractivity contribution in [3.8, 4) is 11.1 Å². The fourth-order valence-electron chi connectivity index (χ4n) is 8.10. The SMILES string of the molecule is CC1C=CC(N(c2ccccc2)c2ccc(N(c3ccccc3)c3ccc(-c4ccccc4)cc3)cc2)=CC1.c1ccc(Nc2ccc(N(c3ccccc3)c3ccccc3)cc2)cc1. The molecule has 1 atom stereocenters. The van der Waals surface area contributed by atoms with Crippen molar-refractivity contribution in [2.24, 2.45) is 5.92 Å². The lowest BCUT2D eigenvalue weighted by molar-refractivity contribution is 0.728. The van der Waals surface area contributed by atoms with E-state index in [1.54, 1.807) is 0 Å². The van der Waals surface area contributed by atoms with Gasteiger partial charge in [-0.1, -0.05) is 153 Å². The zero-order valence-electron chi connectivity index (χ0n) is 36.6. The third-order valence-electron chi connectivity index (χ3n) is 11.4. The van der Waals surface area contributed by atoms with Crippen molar-refractivity contribution in [2.75, 3.05) is 20.0 Å². The monoisotopic (exact) mass is 840 g/mol. The van der Waals surface area contributed by atoms with E-state index in [0.29, 0.717) is 5.92 Å². The van der Waals surface area contributed by atoms with Crippen molar-refractivity contribution in [3.05, 3.63) is 279 Å². The Morgan fingerprint density at radius 2 is 0.631 bits per heavy atom. The van der Waals surface area contributed by atoms with Crippen molar-refractivity contribution < 1.29 is 0 Å². The van der Waals surface area contributed by atoms with Gasteiger partial charge in [0.2, 0.25) is 0 Å². The number of allylic oxidation sites excluding steroid dienone is 3. The average Bonchev–Trinajstić information content (AvgIpc) is 3.38. The third-order valence-corrected chi connectivity index (χ3v) is 11.4. The largest absolute Gasteiger partial charge is 0.356 e. The number of nitrogens with zero attached hydrogens (tertiary/aromatic N) is 3. The highest BCUT2D eigenvalue weighted by Gasteiger charge is 2.18. The molecule has 0 aliphatic heterocycles. The molecule has 10 rings (SSSR count). The van der Waals surface area contributed by atoms with E-state index in [1.165, 1.54) is 16.8 Å². The van der Waals surface area contributed by atoms with E-state index in [2.05, 4.69) is 270 Å². The van der Waals surface area contributed by atoms with Crippen LogP contribution in [0.1, 0.15) is 13.3 Å². The van der Waals surface area contributed by atoms with Crippen LogP contribution in [0.3, 0.4) is 0 Å². The van der Waals surface area contributed by atoms with Crippen LogP contribution >= 0.6 is 0 Å². The molecule has 0 fully saturated rings. The predicted octanol–water partition coefficient (Wildman–Crippen LogP) is 17.3. The summed E-state index contributed by atoms with van der Waals surface area (Å²) < 4.78 is 0. The van der Waals surface area contributed by atoms with Gasteiger partial charge >= 0.3 is 0 Å². The first-order valence-corrected chi connectivity index (χ1v) is 22.3. The molecule has 316 valence electrons. The Morgan fingerprint density at radius 1 is 0.323 bits per heavy atom. The van der Waals surface area contributed by atoms with Gasteiger partial charge in [0.05, 0.1) is 0 Å². The zero-order chi connectivity index (χ0) is 44.0. The number of benzene rings is 9. The van der Waals surface area contributed by atoms with E-state index in [0.717, 1.165) is 63.3 Å². The van der Waals surface area contributed by atoms with E-state index in [-0.39, 0.29) is 0 Å². The molecule has 4 heteroatoms. The van der Waals surface area contributed by atoms with Crippen LogP contribution in [0.25, 0.3) is 11.1 Å². The molecule has 0 aromatic heterocycles. The number of hydrogen-bond acceptors (Lipinski definition) is 4. The number of nitrogens with one attached hydrogen (secondary N) is 1.